The molecule has 110 valence electrons. The van der Waals surface area contributed by atoms with Crippen molar-refractivity contribution in [3.8, 4) is 0 Å². The number of amides is 1. The number of hydrogen-bond donors (Lipinski definition) is 1. The second-order valence-electron chi connectivity index (χ2n) is 4.73. The van der Waals surface area contributed by atoms with Crippen LogP contribution in [0.2, 0.25) is 10.2 Å². The monoisotopic (exact) mass is 323 g/mol. The zero-order valence-electron chi connectivity index (χ0n) is 11.8. The van der Waals surface area contributed by atoms with Gasteiger partial charge in [0.1, 0.15) is 10.8 Å². The Labute approximate surface area is 133 Å². The van der Waals surface area contributed by atoms with Crippen molar-refractivity contribution in [2.45, 2.75) is 20.3 Å². The molecule has 1 amide bonds. The van der Waals surface area contributed by atoms with E-state index in [4.69, 9.17) is 23.2 Å². The average molecular weight is 324 g/mol. The quantitative estimate of drug-likeness (QED) is 0.877. The maximum Gasteiger partial charge on any atom is 0.269 e. The minimum absolute atomic E-state index is 0.254. The summed E-state index contributed by atoms with van der Waals surface area (Å²) in [4.78, 5) is 20.4. The zero-order valence-corrected chi connectivity index (χ0v) is 13.3. The number of aryl methyl sites for hydroxylation is 2. The first-order valence-corrected chi connectivity index (χ1v) is 7.25. The largest absolute Gasteiger partial charge is 0.350 e. The van der Waals surface area contributed by atoms with Gasteiger partial charge in [0.05, 0.1) is 0 Å². The van der Waals surface area contributed by atoms with Gasteiger partial charge in [0.15, 0.2) is 0 Å². The van der Waals surface area contributed by atoms with E-state index in [1.54, 1.807) is 24.3 Å². The van der Waals surface area contributed by atoms with E-state index < -0.39 is 0 Å². The van der Waals surface area contributed by atoms with Gasteiger partial charge in [0.2, 0.25) is 0 Å². The van der Waals surface area contributed by atoms with Crippen LogP contribution >= 0.6 is 23.2 Å². The minimum Gasteiger partial charge on any atom is -0.350 e. The van der Waals surface area contributed by atoms with E-state index >= 15 is 0 Å². The number of aromatic nitrogens is 2. The number of hydrogen-bond acceptors (Lipinski definition) is 3. The highest BCUT2D eigenvalue weighted by atomic mass is 35.5. The second-order valence-corrected chi connectivity index (χ2v) is 5.52. The summed E-state index contributed by atoms with van der Waals surface area (Å²) in [5.74, 6) is -0.254. The molecule has 6 heteroatoms. The van der Waals surface area contributed by atoms with Crippen LogP contribution < -0.4 is 5.32 Å². The summed E-state index contributed by atoms with van der Waals surface area (Å²) >= 11 is 11.9. The molecule has 0 fully saturated rings. The van der Waals surface area contributed by atoms with Crippen LogP contribution in [-0.4, -0.2) is 22.4 Å². The van der Waals surface area contributed by atoms with E-state index in [1.807, 2.05) is 13.8 Å². The van der Waals surface area contributed by atoms with Crippen molar-refractivity contribution < 1.29 is 4.79 Å². The van der Waals surface area contributed by atoms with Crippen molar-refractivity contribution in [1.82, 2.24) is 15.3 Å². The predicted molar refractivity (Wildman–Crippen MR) is 84.0 cm³/mol. The lowest BCUT2D eigenvalue weighted by atomic mass is 10.2. The van der Waals surface area contributed by atoms with Crippen molar-refractivity contribution in [2.24, 2.45) is 0 Å². The van der Waals surface area contributed by atoms with Crippen LogP contribution in [-0.2, 0) is 6.42 Å². The zero-order chi connectivity index (χ0) is 15.4. The van der Waals surface area contributed by atoms with Crippen LogP contribution in [0.3, 0.4) is 0 Å². The maximum absolute atomic E-state index is 12.0. The molecule has 0 aliphatic rings. The van der Waals surface area contributed by atoms with E-state index in [-0.39, 0.29) is 5.91 Å². The van der Waals surface area contributed by atoms with Gasteiger partial charge >= 0.3 is 0 Å². The third kappa shape index (κ3) is 4.41. The summed E-state index contributed by atoms with van der Waals surface area (Å²) in [5.41, 5.74) is 2.85. The second kappa shape index (κ2) is 6.87. The highest BCUT2D eigenvalue weighted by Crippen LogP contribution is 2.13. The molecular weight excluding hydrogens is 309 g/mol. The molecule has 21 heavy (non-hydrogen) atoms. The van der Waals surface area contributed by atoms with E-state index in [9.17, 15) is 4.79 Å². The summed E-state index contributed by atoms with van der Waals surface area (Å²) in [5, 5.41) is 3.78. The molecule has 0 radical (unpaired) electrons. The Hall–Kier alpha value is -1.65. The molecule has 2 aromatic rings. The lowest BCUT2D eigenvalue weighted by molar-refractivity contribution is 0.0949. The Morgan fingerprint density at radius 3 is 2.62 bits per heavy atom. The van der Waals surface area contributed by atoms with E-state index in [2.05, 4.69) is 15.3 Å². The number of carbonyl (C=O) groups excluding carboxylic acids is 1. The van der Waals surface area contributed by atoms with E-state index in [1.165, 1.54) is 0 Å². The first-order valence-electron chi connectivity index (χ1n) is 6.50. The van der Waals surface area contributed by atoms with Crippen LogP contribution in [0, 0.1) is 13.8 Å². The molecule has 2 aromatic heterocycles. The van der Waals surface area contributed by atoms with E-state index in [0.717, 1.165) is 17.0 Å². The van der Waals surface area contributed by atoms with Gasteiger partial charge in [-0.05, 0) is 37.6 Å². The van der Waals surface area contributed by atoms with Crippen molar-refractivity contribution >= 4 is 29.1 Å². The highest BCUT2D eigenvalue weighted by Gasteiger charge is 2.09. The normalized spacial score (nSPS) is 10.5. The number of pyridine rings is 2. The number of nitrogens with one attached hydrogen (secondary N) is 1. The number of nitrogens with zero attached hydrogens (tertiary/aromatic N) is 2. The Bertz CT molecular complexity index is 654. The summed E-state index contributed by atoms with van der Waals surface area (Å²) in [6.07, 6.45) is 0.604. The topological polar surface area (TPSA) is 54.9 Å². The highest BCUT2D eigenvalue weighted by molar-refractivity contribution is 6.30. The summed E-state index contributed by atoms with van der Waals surface area (Å²) in [7, 11) is 0. The van der Waals surface area contributed by atoms with Gasteiger partial charge in [-0.15, -0.1) is 0 Å². The molecule has 4 nitrogen and oxygen atoms in total. The molecule has 2 rings (SSSR count). The number of carbonyl (C=O) groups is 1. The fraction of sp³-hybridized carbons (Fsp3) is 0.267. The molecule has 0 atom stereocenters. The van der Waals surface area contributed by atoms with Gasteiger partial charge in [-0.1, -0.05) is 29.3 Å². The Kier molecular flexibility index (Phi) is 5.15. The van der Waals surface area contributed by atoms with Gasteiger partial charge < -0.3 is 5.32 Å². The third-order valence-electron chi connectivity index (χ3n) is 2.91. The van der Waals surface area contributed by atoms with Crippen LogP contribution in [0.4, 0.5) is 0 Å². The fourth-order valence-electron chi connectivity index (χ4n) is 1.84. The Balaban J connectivity index is 1.93. The van der Waals surface area contributed by atoms with Gasteiger partial charge in [-0.2, -0.15) is 0 Å². The molecule has 0 saturated heterocycles. The van der Waals surface area contributed by atoms with Crippen LogP contribution in [0.5, 0.6) is 0 Å². The van der Waals surface area contributed by atoms with Crippen molar-refractivity contribution in [1.29, 1.82) is 0 Å². The van der Waals surface area contributed by atoms with E-state index in [0.29, 0.717) is 28.8 Å². The first kappa shape index (κ1) is 15.7. The van der Waals surface area contributed by atoms with Crippen LogP contribution in [0.15, 0.2) is 24.3 Å². The maximum atomic E-state index is 12.0. The van der Waals surface area contributed by atoms with Crippen LogP contribution in [0.25, 0.3) is 0 Å². The lowest BCUT2D eigenvalue weighted by Gasteiger charge is -2.06. The molecular formula is C15H15Cl2N3O. The first-order chi connectivity index (χ1) is 9.95. The third-order valence-corrected chi connectivity index (χ3v) is 3.51. The minimum atomic E-state index is -0.254. The van der Waals surface area contributed by atoms with Gasteiger partial charge in [-0.3, -0.25) is 9.78 Å². The average Bonchev–Trinajstić information content (AvgIpc) is 2.40. The van der Waals surface area contributed by atoms with Gasteiger partial charge in [-0.25, -0.2) is 4.98 Å². The molecule has 0 aliphatic heterocycles. The predicted octanol–water partition coefficient (Wildman–Crippen LogP) is 3.37. The molecule has 1 N–H and O–H groups in total. The molecule has 0 aliphatic carbocycles. The number of halogens is 2. The molecule has 0 spiro atoms. The van der Waals surface area contributed by atoms with Gasteiger partial charge in [0.25, 0.3) is 5.91 Å². The summed E-state index contributed by atoms with van der Waals surface area (Å²) in [6, 6.07) is 7.01. The smallest absolute Gasteiger partial charge is 0.269 e. The Morgan fingerprint density at radius 1 is 1.19 bits per heavy atom. The SMILES string of the molecule is Cc1cc(Cl)cc(CCNC(=O)c2ccc(C)c(Cl)n2)n1. The fourth-order valence-corrected chi connectivity index (χ4v) is 2.28. The summed E-state index contributed by atoms with van der Waals surface area (Å²) in [6.45, 7) is 4.18. The molecule has 2 heterocycles. The van der Waals surface area contributed by atoms with Crippen molar-refractivity contribution in [3.63, 3.8) is 0 Å². The number of rotatable bonds is 4. The van der Waals surface area contributed by atoms with Gasteiger partial charge in [0, 0.05) is 29.4 Å². The summed E-state index contributed by atoms with van der Waals surface area (Å²) < 4.78 is 0. The van der Waals surface area contributed by atoms with Crippen LogP contribution in [0.1, 0.15) is 27.4 Å². The lowest BCUT2D eigenvalue weighted by Crippen LogP contribution is -2.26. The standard InChI is InChI=1S/C15H15Cl2N3O/c1-9-3-4-13(20-14(9)17)15(21)18-6-5-12-8-11(16)7-10(2)19-12/h3-4,7-8H,5-6H2,1-2H3,(H,18,21). The van der Waals surface area contributed by atoms with Crippen molar-refractivity contribution in [2.75, 3.05) is 6.54 Å². The van der Waals surface area contributed by atoms with Crippen molar-refractivity contribution in [3.05, 3.63) is 57.1 Å². The Morgan fingerprint density at radius 2 is 1.95 bits per heavy atom. The molecule has 0 unspecified atom stereocenters. The molecule has 0 aromatic carbocycles. The molecule has 0 bridgehead atoms. The molecule has 0 saturated carbocycles.